The van der Waals surface area contributed by atoms with Gasteiger partial charge in [0.05, 0.1) is 7.11 Å². The summed E-state index contributed by atoms with van der Waals surface area (Å²) in [6, 6.07) is 7.70. The topological polar surface area (TPSA) is 41.6 Å². The maximum absolute atomic E-state index is 12.6. The van der Waals surface area contributed by atoms with Crippen LogP contribution in [-0.2, 0) is 0 Å². The molecular formula is C20H30N2O2. The number of methoxy groups -OCH3 is 1. The molecule has 1 amide bonds. The van der Waals surface area contributed by atoms with Gasteiger partial charge in [-0.05, 0) is 69.0 Å². The molecule has 1 aromatic carbocycles. The average Bonchev–Trinajstić information content (AvgIpc) is 2.64. The van der Waals surface area contributed by atoms with Gasteiger partial charge in [-0.25, -0.2) is 0 Å². The molecule has 2 aliphatic rings. The van der Waals surface area contributed by atoms with Crippen LogP contribution in [0.1, 0.15) is 55.3 Å². The van der Waals surface area contributed by atoms with Crippen LogP contribution >= 0.6 is 0 Å². The van der Waals surface area contributed by atoms with Crippen LogP contribution in [0.3, 0.4) is 0 Å². The van der Waals surface area contributed by atoms with Gasteiger partial charge in [-0.1, -0.05) is 19.3 Å². The normalized spacial score (nSPS) is 25.2. The van der Waals surface area contributed by atoms with E-state index in [2.05, 4.69) is 10.2 Å². The molecule has 1 aromatic rings. The largest absolute Gasteiger partial charge is 0.497 e. The fourth-order valence-electron chi connectivity index (χ4n) is 4.08. The Labute approximate surface area is 145 Å². The Bertz CT molecular complexity index is 523. The van der Waals surface area contributed by atoms with E-state index in [0.29, 0.717) is 12.0 Å². The van der Waals surface area contributed by atoms with Gasteiger partial charge in [0.2, 0.25) is 0 Å². The number of piperidine rings is 1. The summed E-state index contributed by atoms with van der Waals surface area (Å²) in [4.78, 5) is 15.2. The minimum absolute atomic E-state index is 0.0493. The van der Waals surface area contributed by atoms with Crippen molar-refractivity contribution >= 4 is 5.91 Å². The van der Waals surface area contributed by atoms with Crippen molar-refractivity contribution in [3.8, 4) is 5.75 Å². The summed E-state index contributed by atoms with van der Waals surface area (Å²) in [6.45, 7) is 3.61. The molecule has 0 aromatic heterocycles. The predicted octanol–water partition coefficient (Wildman–Crippen LogP) is 3.47. The third kappa shape index (κ3) is 4.50. The molecular weight excluding hydrogens is 300 g/mol. The first-order valence-corrected chi connectivity index (χ1v) is 9.43. The Hall–Kier alpha value is -1.55. The van der Waals surface area contributed by atoms with Gasteiger partial charge in [0.25, 0.3) is 5.91 Å². The highest BCUT2D eigenvalue weighted by atomic mass is 16.5. The Kier molecular flexibility index (Phi) is 6.13. The molecule has 24 heavy (non-hydrogen) atoms. The maximum atomic E-state index is 12.6. The maximum Gasteiger partial charge on any atom is 0.251 e. The highest BCUT2D eigenvalue weighted by Gasteiger charge is 2.28. The number of hydrogen-bond donors (Lipinski definition) is 1. The third-order valence-corrected chi connectivity index (χ3v) is 5.52. The van der Waals surface area contributed by atoms with Crippen molar-refractivity contribution in [3.05, 3.63) is 29.8 Å². The lowest BCUT2D eigenvalue weighted by atomic mass is 9.83. The lowest BCUT2D eigenvalue weighted by Gasteiger charge is -2.37. The van der Waals surface area contributed by atoms with Crippen molar-refractivity contribution in [2.75, 3.05) is 26.7 Å². The number of nitrogens with one attached hydrogen (secondary N) is 1. The molecule has 0 spiro atoms. The first kappa shape index (κ1) is 17.3. The van der Waals surface area contributed by atoms with Crippen molar-refractivity contribution in [1.82, 2.24) is 10.2 Å². The van der Waals surface area contributed by atoms with Gasteiger partial charge >= 0.3 is 0 Å². The molecule has 1 aliphatic heterocycles. The number of hydrogen-bond acceptors (Lipinski definition) is 3. The van der Waals surface area contributed by atoms with Crippen molar-refractivity contribution in [2.24, 2.45) is 5.92 Å². The number of benzene rings is 1. The zero-order valence-electron chi connectivity index (χ0n) is 14.8. The van der Waals surface area contributed by atoms with Crippen LogP contribution in [0.15, 0.2) is 24.3 Å². The Balaban J connectivity index is 1.58. The van der Waals surface area contributed by atoms with Gasteiger partial charge in [-0.3, -0.25) is 4.79 Å². The van der Waals surface area contributed by atoms with Gasteiger partial charge in [0, 0.05) is 18.2 Å². The van der Waals surface area contributed by atoms with Crippen molar-refractivity contribution in [1.29, 1.82) is 0 Å². The average molecular weight is 330 g/mol. The summed E-state index contributed by atoms with van der Waals surface area (Å²) < 4.78 is 5.16. The van der Waals surface area contributed by atoms with Crippen molar-refractivity contribution < 1.29 is 9.53 Å². The molecule has 132 valence electrons. The summed E-state index contributed by atoms with van der Waals surface area (Å²) in [5.41, 5.74) is 0.720. The van der Waals surface area contributed by atoms with Crippen molar-refractivity contribution in [3.63, 3.8) is 0 Å². The summed E-state index contributed by atoms with van der Waals surface area (Å²) in [6.07, 6.45) is 8.91. The molecule has 1 saturated heterocycles. The van der Waals surface area contributed by atoms with Crippen LogP contribution < -0.4 is 10.1 Å². The van der Waals surface area contributed by atoms with E-state index in [1.165, 1.54) is 51.6 Å². The van der Waals surface area contributed by atoms with Crippen LogP contribution in [0.2, 0.25) is 0 Å². The Morgan fingerprint density at radius 1 is 1.08 bits per heavy atom. The van der Waals surface area contributed by atoms with E-state index in [1.54, 1.807) is 7.11 Å². The van der Waals surface area contributed by atoms with Gasteiger partial charge in [-0.15, -0.1) is 0 Å². The smallest absolute Gasteiger partial charge is 0.251 e. The van der Waals surface area contributed by atoms with E-state index in [-0.39, 0.29) is 5.91 Å². The Morgan fingerprint density at radius 3 is 2.50 bits per heavy atom. The molecule has 4 heteroatoms. The fraction of sp³-hybridized carbons (Fsp3) is 0.650. The predicted molar refractivity (Wildman–Crippen MR) is 96.5 cm³/mol. The zero-order valence-corrected chi connectivity index (χ0v) is 14.8. The number of likely N-dealkylation sites (tertiary alicyclic amines) is 1. The summed E-state index contributed by atoms with van der Waals surface area (Å²) >= 11 is 0. The monoisotopic (exact) mass is 330 g/mol. The molecule has 0 bridgehead atoms. The number of carbonyl (C=O) groups is 1. The zero-order chi connectivity index (χ0) is 16.8. The van der Waals surface area contributed by atoms with Crippen LogP contribution in [0.4, 0.5) is 0 Å². The summed E-state index contributed by atoms with van der Waals surface area (Å²) in [5.74, 6) is 1.43. The number of nitrogens with zero attached hydrogens (tertiary/aromatic N) is 1. The molecule has 1 heterocycles. The molecule has 1 saturated carbocycles. The van der Waals surface area contributed by atoms with Gasteiger partial charge in [-0.2, -0.15) is 0 Å². The van der Waals surface area contributed by atoms with Crippen molar-refractivity contribution in [2.45, 2.75) is 51.0 Å². The van der Waals surface area contributed by atoms with Crippen LogP contribution in [0.25, 0.3) is 0 Å². The number of ether oxygens (including phenoxy) is 1. The van der Waals surface area contributed by atoms with Crippen LogP contribution in [0, 0.1) is 5.92 Å². The standard InChI is InChI=1S/C20H30N2O2/c1-24-18-11-9-16(10-12-18)20(23)21-19-8-4-3-7-17(19)15-22-13-5-2-6-14-22/h9-12,17,19H,2-8,13-15H2,1H3,(H,21,23). The second kappa shape index (κ2) is 8.52. The highest BCUT2D eigenvalue weighted by Crippen LogP contribution is 2.27. The van der Waals surface area contributed by atoms with Gasteiger partial charge < -0.3 is 15.0 Å². The summed E-state index contributed by atoms with van der Waals surface area (Å²) in [7, 11) is 1.64. The molecule has 1 aliphatic carbocycles. The molecule has 1 N–H and O–H groups in total. The minimum Gasteiger partial charge on any atom is -0.497 e. The van der Waals surface area contributed by atoms with E-state index < -0.39 is 0 Å². The fourth-order valence-corrected chi connectivity index (χ4v) is 4.08. The van der Waals surface area contributed by atoms with Crippen LogP contribution in [-0.4, -0.2) is 43.6 Å². The Morgan fingerprint density at radius 2 is 1.79 bits per heavy atom. The molecule has 2 unspecified atom stereocenters. The van der Waals surface area contributed by atoms with E-state index in [9.17, 15) is 4.79 Å². The first-order chi connectivity index (χ1) is 11.8. The second-order valence-corrected chi connectivity index (χ2v) is 7.21. The minimum atomic E-state index is 0.0493. The van der Waals surface area contributed by atoms with Gasteiger partial charge in [0.1, 0.15) is 5.75 Å². The lowest BCUT2D eigenvalue weighted by Crippen LogP contribution is -2.47. The van der Waals surface area contributed by atoms with E-state index in [1.807, 2.05) is 24.3 Å². The number of carbonyl (C=O) groups excluding carboxylic acids is 1. The quantitative estimate of drug-likeness (QED) is 0.899. The van der Waals surface area contributed by atoms with E-state index >= 15 is 0 Å². The van der Waals surface area contributed by atoms with E-state index in [0.717, 1.165) is 24.3 Å². The molecule has 2 atom stereocenters. The molecule has 2 fully saturated rings. The van der Waals surface area contributed by atoms with Crippen LogP contribution in [0.5, 0.6) is 5.75 Å². The SMILES string of the molecule is COc1ccc(C(=O)NC2CCCCC2CN2CCCCC2)cc1. The number of amides is 1. The first-order valence-electron chi connectivity index (χ1n) is 9.43. The van der Waals surface area contributed by atoms with E-state index in [4.69, 9.17) is 4.74 Å². The third-order valence-electron chi connectivity index (χ3n) is 5.52. The summed E-state index contributed by atoms with van der Waals surface area (Å²) in [5, 5.41) is 3.31. The molecule has 0 radical (unpaired) electrons. The second-order valence-electron chi connectivity index (χ2n) is 7.21. The lowest BCUT2D eigenvalue weighted by molar-refractivity contribution is 0.0877. The van der Waals surface area contributed by atoms with Gasteiger partial charge in [0.15, 0.2) is 0 Å². The molecule has 4 nitrogen and oxygen atoms in total. The molecule has 3 rings (SSSR count). The highest BCUT2D eigenvalue weighted by molar-refractivity contribution is 5.94. The number of rotatable bonds is 5.